The molecular formula is C46H30N2O. The van der Waals surface area contributed by atoms with E-state index < -0.39 is 0 Å². The van der Waals surface area contributed by atoms with Gasteiger partial charge in [0.25, 0.3) is 0 Å². The second kappa shape index (κ2) is 11.0. The van der Waals surface area contributed by atoms with Crippen LogP contribution >= 0.6 is 0 Å². The molecule has 0 spiro atoms. The number of nitrogens with one attached hydrogen (secondary N) is 1. The zero-order chi connectivity index (χ0) is 32.3. The highest BCUT2D eigenvalue weighted by atomic mass is 16.3. The van der Waals surface area contributed by atoms with Gasteiger partial charge in [0.1, 0.15) is 11.2 Å². The van der Waals surface area contributed by atoms with Crippen LogP contribution in [0.25, 0.3) is 82.5 Å². The number of para-hydroxylation sites is 2. The Morgan fingerprint density at radius 2 is 1.16 bits per heavy atom. The molecule has 0 aliphatic heterocycles. The molecule has 2 heterocycles. The van der Waals surface area contributed by atoms with Crippen molar-refractivity contribution in [1.29, 1.82) is 0 Å². The van der Waals surface area contributed by atoms with Gasteiger partial charge in [0.05, 0.1) is 22.1 Å². The van der Waals surface area contributed by atoms with Crippen LogP contribution in [0.3, 0.4) is 0 Å². The first kappa shape index (κ1) is 27.5. The van der Waals surface area contributed by atoms with E-state index in [-0.39, 0.29) is 0 Å². The Balaban J connectivity index is 1.24. The third kappa shape index (κ3) is 4.44. The molecule has 0 aliphatic carbocycles. The molecule has 49 heavy (non-hydrogen) atoms. The number of hydrogen-bond acceptors (Lipinski definition) is 2. The summed E-state index contributed by atoms with van der Waals surface area (Å²) in [6.07, 6.45) is 0. The summed E-state index contributed by atoms with van der Waals surface area (Å²) in [5, 5.41) is 10.8. The Morgan fingerprint density at radius 1 is 0.449 bits per heavy atom. The molecule has 3 heteroatoms. The molecular weight excluding hydrogens is 597 g/mol. The zero-order valence-corrected chi connectivity index (χ0v) is 26.6. The smallest absolute Gasteiger partial charge is 0.137 e. The van der Waals surface area contributed by atoms with E-state index in [2.05, 4.69) is 174 Å². The van der Waals surface area contributed by atoms with Crippen molar-refractivity contribution in [2.24, 2.45) is 0 Å². The summed E-state index contributed by atoms with van der Waals surface area (Å²) in [6, 6.07) is 62.6. The van der Waals surface area contributed by atoms with E-state index in [1.54, 1.807) is 0 Å². The van der Waals surface area contributed by atoms with Crippen LogP contribution in [0.15, 0.2) is 180 Å². The van der Waals surface area contributed by atoms with Gasteiger partial charge in [-0.1, -0.05) is 115 Å². The molecule has 3 nitrogen and oxygen atoms in total. The van der Waals surface area contributed by atoms with Crippen LogP contribution in [-0.2, 0) is 0 Å². The molecule has 10 aromatic rings. The lowest BCUT2D eigenvalue weighted by molar-refractivity contribution is 0.669. The molecule has 2 aromatic heterocycles. The highest BCUT2D eigenvalue weighted by molar-refractivity contribution is 6.25. The lowest BCUT2D eigenvalue weighted by Gasteiger charge is -2.15. The Hall–Kier alpha value is -6.58. The average Bonchev–Trinajstić information content (AvgIpc) is 3.71. The predicted octanol–water partition coefficient (Wildman–Crippen LogP) is 12.9. The SMILES string of the molecule is c1ccc(Nc2ccc(-c3ccc4c(c3)c3ccc5oc6ccccc6c5c3n4-c3cccc4ccccc34)cc2-c2ccccc2)cc1. The van der Waals surface area contributed by atoms with Gasteiger partial charge in [0.2, 0.25) is 0 Å². The maximum atomic E-state index is 6.42. The highest BCUT2D eigenvalue weighted by Gasteiger charge is 2.21. The minimum absolute atomic E-state index is 0.896. The van der Waals surface area contributed by atoms with Crippen LogP contribution < -0.4 is 5.32 Å². The normalized spacial score (nSPS) is 11.7. The second-order valence-corrected chi connectivity index (χ2v) is 12.6. The standard InChI is InChI=1S/C46H30N2O/c1-3-12-31(13-4-1)38-28-32(22-25-40(38)47-34-16-5-2-6-17-34)33-23-26-42-39(29-33)36-24-27-44-45(37-19-9-10-21-43(37)49-44)46(36)48(42)41-20-11-15-30-14-7-8-18-35(30)41/h1-29,47H. The number of benzene rings is 8. The largest absolute Gasteiger partial charge is 0.456 e. The first-order valence-electron chi connectivity index (χ1n) is 16.7. The molecule has 0 saturated heterocycles. The minimum Gasteiger partial charge on any atom is -0.456 e. The Labute approximate surface area is 283 Å². The molecule has 0 aliphatic rings. The number of furan rings is 1. The van der Waals surface area contributed by atoms with Crippen LogP contribution in [-0.4, -0.2) is 4.57 Å². The van der Waals surface area contributed by atoms with Gasteiger partial charge >= 0.3 is 0 Å². The highest BCUT2D eigenvalue weighted by Crippen LogP contribution is 2.43. The third-order valence-corrected chi connectivity index (χ3v) is 9.77. The molecule has 0 radical (unpaired) electrons. The Morgan fingerprint density at radius 3 is 2.04 bits per heavy atom. The first-order chi connectivity index (χ1) is 24.3. The topological polar surface area (TPSA) is 30.1 Å². The van der Waals surface area contributed by atoms with E-state index in [0.29, 0.717) is 0 Å². The Bertz CT molecular complexity index is 2840. The van der Waals surface area contributed by atoms with Crippen molar-refractivity contribution < 1.29 is 4.42 Å². The molecule has 0 unspecified atom stereocenters. The van der Waals surface area contributed by atoms with Crippen LogP contribution in [0.2, 0.25) is 0 Å². The number of anilines is 2. The third-order valence-electron chi connectivity index (χ3n) is 9.77. The number of aromatic nitrogens is 1. The van der Waals surface area contributed by atoms with Gasteiger partial charge in [-0.2, -0.15) is 0 Å². The number of nitrogens with zero attached hydrogens (tertiary/aromatic N) is 1. The van der Waals surface area contributed by atoms with Crippen molar-refractivity contribution in [2.75, 3.05) is 5.32 Å². The number of hydrogen-bond donors (Lipinski definition) is 1. The fraction of sp³-hybridized carbons (Fsp3) is 0. The van der Waals surface area contributed by atoms with E-state index >= 15 is 0 Å². The van der Waals surface area contributed by atoms with Crippen molar-refractivity contribution in [2.45, 2.75) is 0 Å². The maximum Gasteiger partial charge on any atom is 0.137 e. The summed E-state index contributed by atoms with van der Waals surface area (Å²) in [4.78, 5) is 0. The van der Waals surface area contributed by atoms with Crippen molar-refractivity contribution in [3.8, 4) is 27.9 Å². The van der Waals surface area contributed by atoms with Crippen LogP contribution in [0.4, 0.5) is 11.4 Å². The molecule has 0 bridgehead atoms. The van der Waals surface area contributed by atoms with Crippen LogP contribution in [0.1, 0.15) is 0 Å². The predicted molar refractivity (Wildman–Crippen MR) is 206 cm³/mol. The summed E-state index contributed by atoms with van der Waals surface area (Å²) >= 11 is 0. The van der Waals surface area contributed by atoms with Crippen molar-refractivity contribution >= 4 is 65.9 Å². The average molecular weight is 627 g/mol. The van der Waals surface area contributed by atoms with Gasteiger partial charge in [-0.15, -0.1) is 0 Å². The quantitative estimate of drug-likeness (QED) is 0.206. The van der Waals surface area contributed by atoms with Crippen LogP contribution in [0.5, 0.6) is 0 Å². The number of fused-ring (bicyclic) bond motifs is 8. The zero-order valence-electron chi connectivity index (χ0n) is 26.6. The van der Waals surface area contributed by atoms with E-state index in [9.17, 15) is 0 Å². The second-order valence-electron chi connectivity index (χ2n) is 12.6. The monoisotopic (exact) mass is 626 g/mol. The molecule has 0 fully saturated rings. The molecule has 230 valence electrons. The van der Waals surface area contributed by atoms with Gasteiger partial charge in [0, 0.05) is 38.5 Å². The Kier molecular flexibility index (Phi) is 6.18. The summed E-state index contributed by atoms with van der Waals surface area (Å²) in [6.45, 7) is 0. The molecule has 0 atom stereocenters. The molecule has 10 rings (SSSR count). The van der Waals surface area contributed by atoms with Gasteiger partial charge in [0.15, 0.2) is 0 Å². The summed E-state index contributed by atoms with van der Waals surface area (Å²) < 4.78 is 8.87. The maximum absolute atomic E-state index is 6.42. The van der Waals surface area contributed by atoms with Crippen molar-refractivity contribution in [3.63, 3.8) is 0 Å². The summed E-state index contributed by atoms with van der Waals surface area (Å²) in [5.74, 6) is 0. The van der Waals surface area contributed by atoms with Crippen molar-refractivity contribution in [1.82, 2.24) is 4.57 Å². The minimum atomic E-state index is 0.896. The number of rotatable bonds is 5. The van der Waals surface area contributed by atoms with Crippen molar-refractivity contribution in [3.05, 3.63) is 176 Å². The molecule has 1 N–H and O–H groups in total. The van der Waals surface area contributed by atoms with Gasteiger partial charge < -0.3 is 14.3 Å². The lowest BCUT2D eigenvalue weighted by Crippen LogP contribution is -1.96. The van der Waals surface area contributed by atoms with Gasteiger partial charge in [-0.25, -0.2) is 0 Å². The summed E-state index contributed by atoms with van der Waals surface area (Å²) in [5.41, 5.74) is 12.1. The van der Waals surface area contributed by atoms with Gasteiger partial charge in [-0.3, -0.25) is 0 Å². The van der Waals surface area contributed by atoms with Crippen LogP contribution in [0, 0.1) is 0 Å². The van der Waals surface area contributed by atoms with E-state index in [0.717, 1.165) is 44.6 Å². The first-order valence-corrected chi connectivity index (χ1v) is 16.7. The fourth-order valence-electron chi connectivity index (χ4n) is 7.51. The summed E-state index contributed by atoms with van der Waals surface area (Å²) in [7, 11) is 0. The van der Waals surface area contributed by atoms with E-state index in [4.69, 9.17) is 4.42 Å². The van der Waals surface area contributed by atoms with E-state index in [1.165, 1.54) is 49.3 Å². The molecule has 0 saturated carbocycles. The lowest BCUT2D eigenvalue weighted by atomic mass is 9.96. The van der Waals surface area contributed by atoms with E-state index in [1.807, 2.05) is 12.1 Å². The fourth-order valence-corrected chi connectivity index (χ4v) is 7.51. The van der Waals surface area contributed by atoms with Gasteiger partial charge in [-0.05, 0) is 82.7 Å². The molecule has 0 amide bonds. The molecule has 8 aromatic carbocycles.